The van der Waals surface area contributed by atoms with Gasteiger partial charge in [-0.2, -0.15) is 0 Å². The lowest BCUT2D eigenvalue weighted by atomic mass is 10.1. The van der Waals surface area contributed by atoms with Crippen molar-refractivity contribution in [2.75, 3.05) is 29.9 Å². The second-order valence-corrected chi connectivity index (χ2v) is 7.51. The number of ether oxygens (including phenoxy) is 1. The van der Waals surface area contributed by atoms with Crippen molar-refractivity contribution >= 4 is 34.7 Å². The standard InChI is InChI=1S/C20H19F4N3O2S/c1-11(30)25-8-14-9-27(20(28)29-14)13-3-4-19(18(24)7-13)26(2)10-15-16(22)5-12(21)6-17(15)23/h3-7,14H,8-10H2,1-2H3,(H,25,30). The second kappa shape index (κ2) is 8.86. The van der Waals surface area contributed by atoms with Crippen LogP contribution in [0.15, 0.2) is 30.3 Å². The number of rotatable bonds is 6. The van der Waals surface area contributed by atoms with Gasteiger partial charge in [0.2, 0.25) is 0 Å². The molecule has 1 fully saturated rings. The van der Waals surface area contributed by atoms with E-state index in [0.29, 0.717) is 23.7 Å². The maximum absolute atomic E-state index is 14.7. The molecular formula is C20H19F4N3O2S. The van der Waals surface area contributed by atoms with Crippen LogP contribution in [0.25, 0.3) is 0 Å². The van der Waals surface area contributed by atoms with E-state index in [1.807, 2.05) is 0 Å². The summed E-state index contributed by atoms with van der Waals surface area (Å²) in [4.78, 5) is 15.2. The second-order valence-electron chi connectivity index (χ2n) is 6.89. The summed E-state index contributed by atoms with van der Waals surface area (Å²) in [7, 11) is 1.44. The molecule has 160 valence electrons. The van der Waals surface area contributed by atoms with Crippen LogP contribution in [0.2, 0.25) is 0 Å². The van der Waals surface area contributed by atoms with Crippen molar-refractivity contribution in [3.63, 3.8) is 0 Å². The topological polar surface area (TPSA) is 44.8 Å². The molecule has 0 radical (unpaired) electrons. The summed E-state index contributed by atoms with van der Waals surface area (Å²) in [6, 6.07) is 5.19. The number of carbonyl (C=O) groups excluding carboxylic acids is 1. The number of carbonyl (C=O) groups is 1. The lowest BCUT2D eigenvalue weighted by Crippen LogP contribution is -2.32. The Bertz CT molecular complexity index is 966. The maximum atomic E-state index is 14.7. The number of nitrogens with one attached hydrogen (secondary N) is 1. The fraction of sp³-hybridized carbons (Fsp3) is 0.300. The Morgan fingerprint density at radius 1 is 1.20 bits per heavy atom. The highest BCUT2D eigenvalue weighted by molar-refractivity contribution is 7.80. The maximum Gasteiger partial charge on any atom is 0.414 e. The third kappa shape index (κ3) is 4.81. The highest BCUT2D eigenvalue weighted by Gasteiger charge is 2.32. The minimum absolute atomic E-state index is 0.0592. The van der Waals surface area contributed by atoms with E-state index in [0.717, 1.165) is 6.07 Å². The Morgan fingerprint density at radius 3 is 2.47 bits per heavy atom. The highest BCUT2D eigenvalue weighted by Crippen LogP contribution is 2.29. The third-order valence-corrected chi connectivity index (χ3v) is 4.75. The summed E-state index contributed by atoms with van der Waals surface area (Å²) < 4.78 is 60.8. The van der Waals surface area contributed by atoms with E-state index >= 15 is 0 Å². The molecule has 0 aromatic heterocycles. The van der Waals surface area contributed by atoms with Crippen molar-refractivity contribution in [1.82, 2.24) is 5.32 Å². The Morgan fingerprint density at radius 2 is 1.87 bits per heavy atom. The molecule has 1 aliphatic heterocycles. The first-order chi connectivity index (χ1) is 14.2. The number of halogens is 4. The lowest BCUT2D eigenvalue weighted by molar-refractivity contribution is 0.143. The van der Waals surface area contributed by atoms with Crippen molar-refractivity contribution in [1.29, 1.82) is 0 Å². The van der Waals surface area contributed by atoms with Crippen LogP contribution in [0, 0.1) is 23.3 Å². The molecule has 1 saturated heterocycles. The summed E-state index contributed by atoms with van der Waals surface area (Å²) in [6.07, 6.45) is -1.05. The highest BCUT2D eigenvalue weighted by atomic mass is 32.1. The van der Waals surface area contributed by atoms with Crippen molar-refractivity contribution in [3.8, 4) is 0 Å². The summed E-state index contributed by atoms with van der Waals surface area (Å²) in [5.74, 6) is -3.83. The average Bonchev–Trinajstić information content (AvgIpc) is 3.03. The summed E-state index contributed by atoms with van der Waals surface area (Å²) in [5.41, 5.74) is -0.0333. The molecule has 1 amide bonds. The van der Waals surface area contributed by atoms with Gasteiger partial charge in [0.1, 0.15) is 29.4 Å². The van der Waals surface area contributed by atoms with Crippen LogP contribution in [-0.4, -0.2) is 37.3 Å². The molecule has 3 rings (SSSR count). The Kier molecular flexibility index (Phi) is 6.45. The van der Waals surface area contributed by atoms with Crippen molar-refractivity contribution < 1.29 is 27.1 Å². The number of thiocarbonyl (C=S) groups is 1. The molecule has 0 bridgehead atoms. The van der Waals surface area contributed by atoms with Gasteiger partial charge in [-0.25, -0.2) is 22.4 Å². The number of cyclic esters (lactones) is 1. The number of nitrogens with zero attached hydrogens (tertiary/aromatic N) is 2. The number of hydrogen-bond donors (Lipinski definition) is 1. The van der Waals surface area contributed by atoms with E-state index in [4.69, 9.17) is 17.0 Å². The zero-order valence-electron chi connectivity index (χ0n) is 16.2. The fourth-order valence-corrected chi connectivity index (χ4v) is 3.20. The third-order valence-electron chi connectivity index (χ3n) is 4.61. The molecule has 0 spiro atoms. The molecule has 1 N–H and O–H groups in total. The van der Waals surface area contributed by atoms with Crippen LogP contribution in [0.4, 0.5) is 33.7 Å². The van der Waals surface area contributed by atoms with Gasteiger partial charge in [0.15, 0.2) is 0 Å². The van der Waals surface area contributed by atoms with Gasteiger partial charge >= 0.3 is 6.09 Å². The average molecular weight is 441 g/mol. The normalized spacial score (nSPS) is 15.9. The van der Waals surface area contributed by atoms with Crippen LogP contribution in [-0.2, 0) is 11.3 Å². The van der Waals surface area contributed by atoms with Crippen molar-refractivity contribution in [3.05, 3.63) is 59.2 Å². The van der Waals surface area contributed by atoms with Gasteiger partial charge in [-0.1, -0.05) is 12.2 Å². The van der Waals surface area contributed by atoms with E-state index in [9.17, 15) is 22.4 Å². The number of benzene rings is 2. The van der Waals surface area contributed by atoms with E-state index in [-0.39, 0.29) is 30.0 Å². The van der Waals surface area contributed by atoms with Crippen LogP contribution >= 0.6 is 12.2 Å². The number of hydrogen-bond acceptors (Lipinski definition) is 4. The Labute approximate surface area is 176 Å². The Balaban J connectivity index is 1.74. The molecule has 1 aliphatic rings. The summed E-state index contributed by atoms with van der Waals surface area (Å²) in [6.45, 7) is 1.95. The predicted octanol–water partition coefficient (Wildman–Crippen LogP) is 4.14. The molecule has 1 heterocycles. The van der Waals surface area contributed by atoms with E-state index in [1.165, 1.54) is 29.0 Å². The van der Waals surface area contributed by atoms with E-state index in [2.05, 4.69) is 5.32 Å². The van der Waals surface area contributed by atoms with E-state index < -0.39 is 35.5 Å². The number of amides is 1. The quantitative estimate of drug-likeness (QED) is 0.539. The van der Waals surface area contributed by atoms with Gasteiger partial charge in [-0.3, -0.25) is 4.90 Å². The molecule has 1 atom stereocenters. The van der Waals surface area contributed by atoms with Gasteiger partial charge in [-0.05, 0) is 25.1 Å². The zero-order chi connectivity index (χ0) is 22.0. The SMILES string of the molecule is CC(=S)NCC1CN(c2ccc(N(C)Cc3c(F)cc(F)cc3F)c(F)c2)C(=O)O1. The molecular weight excluding hydrogens is 422 g/mol. The van der Waals surface area contributed by atoms with Crippen LogP contribution in [0.1, 0.15) is 12.5 Å². The minimum atomic E-state index is -1.05. The largest absolute Gasteiger partial charge is 0.442 e. The van der Waals surface area contributed by atoms with Gasteiger partial charge in [0.25, 0.3) is 0 Å². The molecule has 30 heavy (non-hydrogen) atoms. The number of anilines is 2. The first-order valence-electron chi connectivity index (χ1n) is 9.02. The summed E-state index contributed by atoms with van der Waals surface area (Å²) in [5, 5.41) is 2.91. The first kappa shape index (κ1) is 21.8. The van der Waals surface area contributed by atoms with Crippen molar-refractivity contribution in [2.24, 2.45) is 0 Å². The molecule has 2 aromatic rings. The molecule has 10 heteroatoms. The Hall–Kier alpha value is -2.88. The molecule has 0 aliphatic carbocycles. The molecule has 2 aromatic carbocycles. The monoisotopic (exact) mass is 441 g/mol. The lowest BCUT2D eigenvalue weighted by Gasteiger charge is -2.22. The van der Waals surface area contributed by atoms with Crippen LogP contribution in [0.5, 0.6) is 0 Å². The van der Waals surface area contributed by atoms with Gasteiger partial charge in [0.05, 0.1) is 29.5 Å². The van der Waals surface area contributed by atoms with Crippen molar-refractivity contribution in [2.45, 2.75) is 19.6 Å². The van der Waals surface area contributed by atoms with Gasteiger partial charge < -0.3 is 15.0 Å². The van der Waals surface area contributed by atoms with Crippen LogP contribution < -0.4 is 15.1 Å². The molecule has 1 unspecified atom stereocenters. The zero-order valence-corrected chi connectivity index (χ0v) is 17.0. The molecule has 5 nitrogen and oxygen atoms in total. The molecule has 0 saturated carbocycles. The smallest absolute Gasteiger partial charge is 0.414 e. The fourth-order valence-electron chi connectivity index (χ4n) is 3.12. The minimum Gasteiger partial charge on any atom is -0.442 e. The first-order valence-corrected chi connectivity index (χ1v) is 9.43. The van der Waals surface area contributed by atoms with Gasteiger partial charge in [-0.15, -0.1) is 0 Å². The summed E-state index contributed by atoms with van der Waals surface area (Å²) >= 11 is 4.92. The predicted molar refractivity (Wildman–Crippen MR) is 109 cm³/mol. The van der Waals surface area contributed by atoms with Crippen LogP contribution in [0.3, 0.4) is 0 Å². The van der Waals surface area contributed by atoms with Gasteiger partial charge in [0, 0.05) is 31.3 Å². The van der Waals surface area contributed by atoms with E-state index in [1.54, 1.807) is 6.92 Å².